The molecule has 0 saturated carbocycles. The third-order valence-corrected chi connectivity index (χ3v) is 2.70. The molecular weight excluding hydrogens is 264 g/mol. The summed E-state index contributed by atoms with van der Waals surface area (Å²) >= 11 is 0. The van der Waals surface area contributed by atoms with Gasteiger partial charge in [-0.1, -0.05) is 66.7 Å². The number of hydrogen-bond acceptors (Lipinski definition) is 3. The van der Waals surface area contributed by atoms with E-state index in [9.17, 15) is 9.90 Å². The lowest BCUT2D eigenvalue weighted by molar-refractivity contribution is -0.154. The van der Waals surface area contributed by atoms with Crippen molar-refractivity contribution in [3.63, 3.8) is 0 Å². The molecule has 0 saturated heterocycles. The summed E-state index contributed by atoms with van der Waals surface area (Å²) in [4.78, 5) is 11.5. The van der Waals surface area contributed by atoms with Crippen molar-refractivity contribution < 1.29 is 14.6 Å². The summed E-state index contributed by atoms with van der Waals surface area (Å²) in [5, 5.41) is 9.61. The number of esters is 1. The van der Waals surface area contributed by atoms with Crippen molar-refractivity contribution in [2.45, 2.75) is 6.29 Å². The Bertz CT molecular complexity index is 615. The van der Waals surface area contributed by atoms with Gasteiger partial charge in [-0.2, -0.15) is 0 Å². The van der Waals surface area contributed by atoms with E-state index < -0.39 is 12.3 Å². The van der Waals surface area contributed by atoms with Crippen LogP contribution in [0.3, 0.4) is 0 Å². The molecule has 0 radical (unpaired) electrons. The second-order valence-electron chi connectivity index (χ2n) is 4.34. The molecule has 0 fully saturated rings. The van der Waals surface area contributed by atoms with Crippen LogP contribution in [-0.4, -0.2) is 17.4 Å². The SMILES string of the molecule is O=C(/C=C/c1ccccc1)OC(O)/C=C/c1ccccc1. The van der Waals surface area contributed by atoms with Crippen LogP contribution in [-0.2, 0) is 9.53 Å². The first-order chi connectivity index (χ1) is 10.2. The van der Waals surface area contributed by atoms with Crippen LogP contribution < -0.4 is 0 Å². The summed E-state index contributed by atoms with van der Waals surface area (Å²) in [6.07, 6.45) is 4.77. The minimum Gasteiger partial charge on any atom is -0.429 e. The predicted octanol–water partition coefficient (Wildman–Crippen LogP) is 3.27. The molecule has 2 aromatic rings. The monoisotopic (exact) mass is 280 g/mol. The Hall–Kier alpha value is -2.65. The van der Waals surface area contributed by atoms with Gasteiger partial charge in [-0.15, -0.1) is 0 Å². The summed E-state index contributed by atoms with van der Waals surface area (Å²) in [5.41, 5.74) is 1.82. The molecule has 0 heterocycles. The zero-order chi connectivity index (χ0) is 14.9. The van der Waals surface area contributed by atoms with Crippen molar-refractivity contribution >= 4 is 18.1 Å². The predicted molar refractivity (Wildman–Crippen MR) is 83.1 cm³/mol. The summed E-state index contributed by atoms with van der Waals surface area (Å²) in [6.45, 7) is 0. The number of hydrogen-bond donors (Lipinski definition) is 1. The van der Waals surface area contributed by atoms with Crippen molar-refractivity contribution in [3.05, 3.63) is 83.9 Å². The smallest absolute Gasteiger partial charge is 0.333 e. The number of benzene rings is 2. The van der Waals surface area contributed by atoms with E-state index in [1.807, 2.05) is 60.7 Å². The zero-order valence-corrected chi connectivity index (χ0v) is 11.4. The van der Waals surface area contributed by atoms with E-state index in [-0.39, 0.29) is 0 Å². The summed E-state index contributed by atoms with van der Waals surface area (Å²) < 4.78 is 4.84. The first-order valence-corrected chi connectivity index (χ1v) is 6.59. The van der Waals surface area contributed by atoms with E-state index in [1.54, 1.807) is 12.2 Å². The van der Waals surface area contributed by atoms with E-state index in [0.29, 0.717) is 0 Å². The van der Waals surface area contributed by atoms with Crippen LogP contribution in [0.5, 0.6) is 0 Å². The molecule has 1 N–H and O–H groups in total. The van der Waals surface area contributed by atoms with Gasteiger partial charge in [0.25, 0.3) is 0 Å². The Morgan fingerprint density at radius 1 is 0.905 bits per heavy atom. The molecular formula is C18H16O3. The van der Waals surface area contributed by atoms with Crippen molar-refractivity contribution in [1.82, 2.24) is 0 Å². The molecule has 1 unspecified atom stereocenters. The average molecular weight is 280 g/mol. The van der Waals surface area contributed by atoms with Crippen molar-refractivity contribution in [2.75, 3.05) is 0 Å². The lowest BCUT2D eigenvalue weighted by Gasteiger charge is -2.05. The molecule has 0 aliphatic heterocycles. The van der Waals surface area contributed by atoms with Crippen LogP contribution in [0.15, 0.2) is 72.8 Å². The van der Waals surface area contributed by atoms with Crippen molar-refractivity contribution in [3.8, 4) is 0 Å². The summed E-state index contributed by atoms with van der Waals surface area (Å²) in [7, 11) is 0. The van der Waals surface area contributed by atoms with E-state index in [2.05, 4.69) is 0 Å². The molecule has 3 heteroatoms. The van der Waals surface area contributed by atoms with Gasteiger partial charge in [0.2, 0.25) is 6.29 Å². The number of ether oxygens (including phenoxy) is 1. The second kappa shape index (κ2) is 7.82. The molecule has 0 aromatic heterocycles. The molecule has 0 spiro atoms. The number of rotatable bonds is 5. The van der Waals surface area contributed by atoms with E-state index in [1.165, 1.54) is 12.2 Å². The fourth-order valence-corrected chi connectivity index (χ4v) is 1.68. The van der Waals surface area contributed by atoms with E-state index >= 15 is 0 Å². The van der Waals surface area contributed by atoms with Gasteiger partial charge in [0.15, 0.2) is 0 Å². The Labute approximate surface area is 123 Å². The van der Waals surface area contributed by atoms with Gasteiger partial charge in [-0.3, -0.25) is 0 Å². The van der Waals surface area contributed by atoms with Gasteiger partial charge in [0, 0.05) is 6.08 Å². The molecule has 21 heavy (non-hydrogen) atoms. The van der Waals surface area contributed by atoms with Crippen molar-refractivity contribution in [1.29, 1.82) is 0 Å². The van der Waals surface area contributed by atoms with E-state index in [0.717, 1.165) is 11.1 Å². The Kier molecular flexibility index (Phi) is 5.50. The van der Waals surface area contributed by atoms with Gasteiger partial charge >= 0.3 is 5.97 Å². The third-order valence-electron chi connectivity index (χ3n) is 2.70. The van der Waals surface area contributed by atoms with Gasteiger partial charge in [0.1, 0.15) is 0 Å². The van der Waals surface area contributed by atoms with Gasteiger partial charge in [-0.25, -0.2) is 4.79 Å². The minimum atomic E-state index is -1.27. The first kappa shape index (κ1) is 14.8. The molecule has 3 nitrogen and oxygen atoms in total. The second-order valence-corrected chi connectivity index (χ2v) is 4.34. The molecule has 2 rings (SSSR count). The molecule has 106 valence electrons. The van der Waals surface area contributed by atoms with Gasteiger partial charge < -0.3 is 9.84 Å². The fourth-order valence-electron chi connectivity index (χ4n) is 1.68. The Morgan fingerprint density at radius 3 is 2.00 bits per heavy atom. The summed E-state index contributed by atoms with van der Waals surface area (Å²) in [6, 6.07) is 18.9. The number of aliphatic hydroxyl groups is 1. The molecule has 0 aliphatic carbocycles. The lowest BCUT2D eigenvalue weighted by atomic mass is 10.2. The molecule has 0 amide bonds. The number of aliphatic hydroxyl groups excluding tert-OH is 1. The van der Waals surface area contributed by atoms with Gasteiger partial charge in [-0.05, 0) is 23.3 Å². The highest BCUT2D eigenvalue weighted by molar-refractivity contribution is 5.87. The third kappa shape index (κ3) is 5.47. The number of carbonyl (C=O) groups excluding carboxylic acids is 1. The van der Waals surface area contributed by atoms with Crippen LogP contribution in [0, 0.1) is 0 Å². The van der Waals surface area contributed by atoms with Gasteiger partial charge in [0.05, 0.1) is 0 Å². The lowest BCUT2D eigenvalue weighted by Crippen LogP contribution is -2.12. The molecule has 1 atom stereocenters. The highest BCUT2D eigenvalue weighted by Crippen LogP contribution is 2.04. The Balaban J connectivity index is 1.85. The maximum Gasteiger partial charge on any atom is 0.333 e. The minimum absolute atomic E-state index is 0.593. The highest BCUT2D eigenvalue weighted by Gasteiger charge is 2.04. The van der Waals surface area contributed by atoms with Crippen LogP contribution in [0.25, 0.3) is 12.2 Å². The number of carbonyl (C=O) groups is 1. The van der Waals surface area contributed by atoms with Crippen LogP contribution in [0.4, 0.5) is 0 Å². The highest BCUT2D eigenvalue weighted by atomic mass is 16.6. The first-order valence-electron chi connectivity index (χ1n) is 6.59. The van der Waals surface area contributed by atoms with Crippen LogP contribution >= 0.6 is 0 Å². The topological polar surface area (TPSA) is 46.5 Å². The van der Waals surface area contributed by atoms with Crippen LogP contribution in [0.2, 0.25) is 0 Å². The standard InChI is InChI=1S/C18H16O3/c19-17(13-11-15-7-3-1-4-8-15)21-18(20)14-12-16-9-5-2-6-10-16/h1-14,17,19H/b13-11+,14-12+. The summed E-state index contributed by atoms with van der Waals surface area (Å²) in [5.74, 6) is -0.593. The quantitative estimate of drug-likeness (QED) is 0.519. The average Bonchev–Trinajstić information content (AvgIpc) is 2.53. The fraction of sp³-hybridized carbons (Fsp3) is 0.0556. The molecule has 0 bridgehead atoms. The Morgan fingerprint density at radius 2 is 1.43 bits per heavy atom. The normalized spacial score (nSPS) is 12.6. The van der Waals surface area contributed by atoms with Crippen molar-refractivity contribution in [2.24, 2.45) is 0 Å². The maximum absolute atomic E-state index is 11.5. The molecule has 0 aliphatic rings. The maximum atomic E-state index is 11.5. The molecule has 2 aromatic carbocycles. The zero-order valence-electron chi connectivity index (χ0n) is 11.4. The largest absolute Gasteiger partial charge is 0.429 e. The van der Waals surface area contributed by atoms with Crippen LogP contribution in [0.1, 0.15) is 11.1 Å². The van der Waals surface area contributed by atoms with E-state index in [4.69, 9.17) is 4.74 Å².